The topological polar surface area (TPSA) is 101 Å². The summed E-state index contributed by atoms with van der Waals surface area (Å²) in [6.45, 7) is 4.12. The summed E-state index contributed by atoms with van der Waals surface area (Å²) in [5.74, 6) is -0.624. The molecule has 0 unspecified atom stereocenters. The molecular formula is C10H16N4O2. The van der Waals surface area contributed by atoms with Gasteiger partial charge in [0, 0.05) is 24.5 Å². The fourth-order valence-corrected chi connectivity index (χ4v) is 1.29. The number of nitrogens with two attached hydrogens (primary N) is 1. The Bertz CT molecular complexity index is 350. The van der Waals surface area contributed by atoms with Crippen LogP contribution < -0.4 is 11.1 Å². The highest BCUT2D eigenvalue weighted by Gasteiger charge is 2.20. The van der Waals surface area contributed by atoms with Gasteiger partial charge in [-0.25, -0.2) is 9.97 Å². The van der Waals surface area contributed by atoms with Gasteiger partial charge in [0.05, 0.1) is 0 Å². The van der Waals surface area contributed by atoms with Gasteiger partial charge in [0.2, 0.25) is 5.95 Å². The molecule has 0 amide bonds. The van der Waals surface area contributed by atoms with Crippen LogP contribution in [0, 0.1) is 5.92 Å². The second-order valence-corrected chi connectivity index (χ2v) is 3.89. The van der Waals surface area contributed by atoms with Gasteiger partial charge in [-0.1, -0.05) is 13.8 Å². The molecule has 4 N–H and O–H groups in total. The van der Waals surface area contributed by atoms with E-state index in [-0.39, 0.29) is 11.9 Å². The molecule has 0 saturated carbocycles. The molecule has 0 radical (unpaired) electrons. The molecule has 0 aliphatic rings. The van der Waals surface area contributed by atoms with Crippen molar-refractivity contribution in [3.05, 3.63) is 18.0 Å². The third-order valence-electron chi connectivity index (χ3n) is 2.18. The molecule has 88 valence electrons. The van der Waals surface area contributed by atoms with Gasteiger partial charge >= 0.3 is 5.97 Å². The molecule has 0 aliphatic carbocycles. The number of hydrogen-bond acceptors (Lipinski definition) is 5. The number of nitrogens with zero attached hydrogens (tertiary/aromatic N) is 2. The van der Waals surface area contributed by atoms with Crippen LogP contribution in [0.4, 0.5) is 5.95 Å². The number of anilines is 1. The van der Waals surface area contributed by atoms with E-state index >= 15 is 0 Å². The van der Waals surface area contributed by atoms with E-state index in [2.05, 4.69) is 15.3 Å². The minimum absolute atomic E-state index is 0.0206. The van der Waals surface area contributed by atoms with Gasteiger partial charge in [-0.2, -0.15) is 0 Å². The third kappa shape index (κ3) is 3.47. The predicted octanol–water partition coefficient (Wildman–Crippen LogP) is 0.258. The molecule has 6 nitrogen and oxygen atoms in total. The number of aliphatic carboxylic acids is 1. The number of carboxylic acids is 1. The lowest BCUT2D eigenvalue weighted by Gasteiger charge is -2.17. The van der Waals surface area contributed by atoms with Gasteiger partial charge < -0.3 is 10.8 Å². The molecule has 1 aromatic heterocycles. The maximum absolute atomic E-state index is 10.9. The number of aromatic nitrogens is 2. The van der Waals surface area contributed by atoms with Crippen LogP contribution in [0.15, 0.2) is 12.4 Å². The van der Waals surface area contributed by atoms with Crippen LogP contribution in [-0.2, 0) is 11.3 Å². The standard InChI is InChI=1S/C10H16N4O2/c1-6(2)8(9(15)16)12-3-7-4-13-10(11)14-5-7/h4-6,8,12H,3H2,1-2H3,(H,15,16)(H2,11,13,14)/t8-/m1/s1. The smallest absolute Gasteiger partial charge is 0.320 e. The van der Waals surface area contributed by atoms with Gasteiger partial charge in [0.25, 0.3) is 0 Å². The monoisotopic (exact) mass is 224 g/mol. The van der Waals surface area contributed by atoms with Crippen LogP contribution in [0.1, 0.15) is 19.4 Å². The first kappa shape index (κ1) is 12.4. The molecule has 0 fully saturated rings. The van der Waals surface area contributed by atoms with E-state index in [9.17, 15) is 4.79 Å². The summed E-state index contributed by atoms with van der Waals surface area (Å²) in [6, 6.07) is -0.572. The quantitative estimate of drug-likeness (QED) is 0.663. The zero-order valence-electron chi connectivity index (χ0n) is 9.34. The van der Waals surface area contributed by atoms with Crippen LogP contribution in [0.2, 0.25) is 0 Å². The number of nitrogens with one attached hydrogen (secondary N) is 1. The van der Waals surface area contributed by atoms with Crippen molar-refractivity contribution >= 4 is 11.9 Å². The summed E-state index contributed by atoms with van der Waals surface area (Å²) < 4.78 is 0. The maximum Gasteiger partial charge on any atom is 0.320 e. The summed E-state index contributed by atoms with van der Waals surface area (Å²) in [5, 5.41) is 11.9. The summed E-state index contributed by atoms with van der Waals surface area (Å²) in [7, 11) is 0. The molecule has 1 atom stereocenters. The van der Waals surface area contributed by atoms with Crippen molar-refractivity contribution in [2.24, 2.45) is 5.92 Å². The predicted molar refractivity (Wildman–Crippen MR) is 59.5 cm³/mol. The molecule has 6 heteroatoms. The zero-order chi connectivity index (χ0) is 12.1. The summed E-state index contributed by atoms with van der Waals surface area (Å²) in [4.78, 5) is 18.6. The van der Waals surface area contributed by atoms with E-state index in [1.165, 1.54) is 0 Å². The molecule has 0 spiro atoms. The number of nitrogen functional groups attached to an aromatic ring is 1. The van der Waals surface area contributed by atoms with Crippen LogP contribution in [-0.4, -0.2) is 27.1 Å². The lowest BCUT2D eigenvalue weighted by Crippen LogP contribution is -2.40. The van der Waals surface area contributed by atoms with Crippen molar-refractivity contribution in [3.8, 4) is 0 Å². The van der Waals surface area contributed by atoms with Gasteiger partial charge in [0.15, 0.2) is 0 Å². The molecule has 0 saturated heterocycles. The Morgan fingerprint density at radius 2 is 2.06 bits per heavy atom. The second-order valence-electron chi connectivity index (χ2n) is 3.89. The number of carbonyl (C=O) groups is 1. The van der Waals surface area contributed by atoms with E-state index in [1.54, 1.807) is 12.4 Å². The lowest BCUT2D eigenvalue weighted by atomic mass is 10.0. The van der Waals surface area contributed by atoms with E-state index in [0.717, 1.165) is 5.56 Å². The van der Waals surface area contributed by atoms with Gasteiger partial charge in [0.1, 0.15) is 6.04 Å². The maximum atomic E-state index is 10.9. The SMILES string of the molecule is CC(C)[C@@H](NCc1cnc(N)nc1)C(=O)O. The van der Waals surface area contributed by atoms with Gasteiger partial charge in [-0.3, -0.25) is 10.1 Å². The van der Waals surface area contributed by atoms with Crippen LogP contribution in [0.3, 0.4) is 0 Å². The normalized spacial score (nSPS) is 12.7. The van der Waals surface area contributed by atoms with E-state index in [1.807, 2.05) is 13.8 Å². The Labute approximate surface area is 93.9 Å². The Morgan fingerprint density at radius 1 is 1.50 bits per heavy atom. The first-order valence-electron chi connectivity index (χ1n) is 5.03. The van der Waals surface area contributed by atoms with Crippen LogP contribution in [0.25, 0.3) is 0 Å². The molecule has 0 aromatic carbocycles. The molecule has 0 aliphatic heterocycles. The van der Waals surface area contributed by atoms with Crippen molar-refractivity contribution in [2.45, 2.75) is 26.4 Å². The molecule has 16 heavy (non-hydrogen) atoms. The van der Waals surface area contributed by atoms with E-state index in [0.29, 0.717) is 6.54 Å². The van der Waals surface area contributed by atoms with Gasteiger partial charge in [-0.05, 0) is 5.92 Å². The first-order valence-corrected chi connectivity index (χ1v) is 5.03. The summed E-state index contributed by atoms with van der Waals surface area (Å²) in [5.41, 5.74) is 6.15. The minimum atomic E-state index is -0.855. The highest BCUT2D eigenvalue weighted by Crippen LogP contribution is 2.04. The number of rotatable bonds is 5. The Morgan fingerprint density at radius 3 is 2.50 bits per heavy atom. The molecule has 1 aromatic rings. The van der Waals surface area contributed by atoms with Gasteiger partial charge in [-0.15, -0.1) is 0 Å². The number of hydrogen-bond donors (Lipinski definition) is 3. The summed E-state index contributed by atoms with van der Waals surface area (Å²) >= 11 is 0. The highest BCUT2D eigenvalue weighted by atomic mass is 16.4. The third-order valence-corrected chi connectivity index (χ3v) is 2.18. The van der Waals surface area contributed by atoms with E-state index < -0.39 is 12.0 Å². The largest absolute Gasteiger partial charge is 0.480 e. The average Bonchev–Trinajstić information content (AvgIpc) is 2.20. The number of carboxylic acid groups (broad SMARTS) is 1. The second kappa shape index (κ2) is 5.41. The fourth-order valence-electron chi connectivity index (χ4n) is 1.29. The van der Waals surface area contributed by atoms with Crippen molar-refractivity contribution in [1.29, 1.82) is 0 Å². The van der Waals surface area contributed by atoms with Crippen molar-refractivity contribution < 1.29 is 9.90 Å². The van der Waals surface area contributed by atoms with Crippen molar-refractivity contribution in [3.63, 3.8) is 0 Å². The highest BCUT2D eigenvalue weighted by molar-refractivity contribution is 5.73. The van der Waals surface area contributed by atoms with Crippen molar-refractivity contribution in [2.75, 3.05) is 5.73 Å². The minimum Gasteiger partial charge on any atom is -0.480 e. The molecule has 1 heterocycles. The Kier molecular flexibility index (Phi) is 4.19. The van der Waals surface area contributed by atoms with E-state index in [4.69, 9.17) is 10.8 Å². The fraction of sp³-hybridized carbons (Fsp3) is 0.500. The molecule has 0 bridgehead atoms. The Hall–Kier alpha value is -1.69. The molecular weight excluding hydrogens is 208 g/mol. The summed E-state index contributed by atoms with van der Waals surface area (Å²) in [6.07, 6.45) is 3.16. The van der Waals surface area contributed by atoms with Crippen LogP contribution >= 0.6 is 0 Å². The lowest BCUT2D eigenvalue weighted by molar-refractivity contribution is -0.140. The first-order chi connectivity index (χ1) is 7.50. The molecule has 1 rings (SSSR count). The zero-order valence-corrected chi connectivity index (χ0v) is 9.34. The Balaban J connectivity index is 2.55. The average molecular weight is 224 g/mol. The van der Waals surface area contributed by atoms with Crippen molar-refractivity contribution in [1.82, 2.24) is 15.3 Å². The van der Waals surface area contributed by atoms with Crippen LogP contribution in [0.5, 0.6) is 0 Å².